The maximum Gasteiger partial charge on any atom is 0.123 e. The number of likely N-dealkylation sites (tertiary alicyclic amines) is 1. The van der Waals surface area contributed by atoms with Crippen LogP contribution in [0, 0.1) is 5.82 Å². The third-order valence-corrected chi connectivity index (χ3v) is 3.12. The molecule has 3 nitrogen and oxygen atoms in total. The van der Waals surface area contributed by atoms with Crippen LogP contribution in [0.5, 0.6) is 5.75 Å². The summed E-state index contributed by atoms with van der Waals surface area (Å²) in [6, 6.07) is 4.60. The Bertz CT molecular complexity index is 370. The monoisotopic (exact) mass is 224 g/mol. The number of phenolic OH excluding ortho intramolecular Hbond substituents is 1. The van der Waals surface area contributed by atoms with Gasteiger partial charge in [-0.1, -0.05) is 0 Å². The third-order valence-electron chi connectivity index (χ3n) is 3.12. The molecule has 0 aliphatic carbocycles. The van der Waals surface area contributed by atoms with Crippen LogP contribution in [0.3, 0.4) is 0 Å². The Morgan fingerprint density at radius 2 is 2.38 bits per heavy atom. The zero-order chi connectivity index (χ0) is 11.5. The Hall–Kier alpha value is -1.13. The summed E-state index contributed by atoms with van der Waals surface area (Å²) in [6.45, 7) is 2.55. The first-order valence-corrected chi connectivity index (χ1v) is 5.56. The van der Waals surface area contributed by atoms with Crippen molar-refractivity contribution in [3.05, 3.63) is 29.6 Å². The van der Waals surface area contributed by atoms with Crippen molar-refractivity contribution >= 4 is 0 Å². The minimum absolute atomic E-state index is 0.175. The predicted octanol–water partition coefficient (Wildman–Crippen LogP) is 1.32. The molecule has 1 aromatic rings. The van der Waals surface area contributed by atoms with E-state index < -0.39 is 0 Å². The minimum Gasteiger partial charge on any atom is -0.508 e. The smallest absolute Gasteiger partial charge is 0.123 e. The summed E-state index contributed by atoms with van der Waals surface area (Å²) < 4.78 is 13.0. The highest BCUT2D eigenvalue weighted by atomic mass is 19.1. The van der Waals surface area contributed by atoms with Crippen molar-refractivity contribution in [1.29, 1.82) is 0 Å². The van der Waals surface area contributed by atoms with Crippen molar-refractivity contribution in [1.82, 2.24) is 10.2 Å². The fourth-order valence-corrected chi connectivity index (χ4v) is 2.13. The molecule has 0 radical (unpaired) electrons. The summed E-state index contributed by atoms with van der Waals surface area (Å²) in [5.41, 5.74) is 0.664. The van der Waals surface area contributed by atoms with E-state index in [-0.39, 0.29) is 11.6 Å². The summed E-state index contributed by atoms with van der Waals surface area (Å²) in [7, 11) is 1.95. The first-order valence-electron chi connectivity index (χ1n) is 5.56. The summed E-state index contributed by atoms with van der Waals surface area (Å²) in [4.78, 5) is 2.22. The molecule has 1 saturated heterocycles. The summed E-state index contributed by atoms with van der Waals surface area (Å²) in [5.74, 6) is -0.119. The normalized spacial score (nSPS) is 21.5. The van der Waals surface area contributed by atoms with Crippen LogP contribution in [0.25, 0.3) is 0 Å². The molecule has 1 aliphatic rings. The Labute approximate surface area is 94.9 Å². The maximum absolute atomic E-state index is 13.0. The van der Waals surface area contributed by atoms with Crippen LogP contribution in [0.15, 0.2) is 18.2 Å². The van der Waals surface area contributed by atoms with Gasteiger partial charge in [0.15, 0.2) is 0 Å². The van der Waals surface area contributed by atoms with E-state index in [1.165, 1.54) is 18.2 Å². The quantitative estimate of drug-likeness (QED) is 0.813. The number of rotatable bonds is 3. The highest BCUT2D eigenvalue weighted by molar-refractivity contribution is 5.32. The highest BCUT2D eigenvalue weighted by Crippen LogP contribution is 2.21. The van der Waals surface area contributed by atoms with Crippen molar-refractivity contribution in [2.45, 2.75) is 19.0 Å². The molecule has 0 saturated carbocycles. The van der Waals surface area contributed by atoms with E-state index in [2.05, 4.69) is 10.2 Å². The van der Waals surface area contributed by atoms with Crippen molar-refractivity contribution in [3.8, 4) is 5.75 Å². The Balaban J connectivity index is 2.01. The van der Waals surface area contributed by atoms with Crippen LogP contribution in [0.1, 0.15) is 12.0 Å². The predicted molar refractivity (Wildman–Crippen MR) is 60.8 cm³/mol. The molecule has 16 heavy (non-hydrogen) atoms. The number of halogens is 1. The summed E-state index contributed by atoms with van der Waals surface area (Å²) >= 11 is 0. The lowest BCUT2D eigenvalue weighted by Crippen LogP contribution is -2.29. The number of benzene rings is 1. The Kier molecular flexibility index (Phi) is 3.41. The molecule has 1 heterocycles. The van der Waals surface area contributed by atoms with Crippen LogP contribution in [-0.4, -0.2) is 36.2 Å². The number of likely N-dealkylation sites (N-methyl/N-ethyl adjacent to an activating group) is 1. The van der Waals surface area contributed by atoms with Gasteiger partial charge in [0.05, 0.1) is 0 Å². The van der Waals surface area contributed by atoms with Crippen LogP contribution < -0.4 is 5.32 Å². The van der Waals surface area contributed by atoms with Gasteiger partial charge >= 0.3 is 0 Å². The average molecular weight is 224 g/mol. The van der Waals surface area contributed by atoms with Gasteiger partial charge in [-0.2, -0.15) is 0 Å². The Morgan fingerprint density at radius 1 is 1.56 bits per heavy atom. The largest absolute Gasteiger partial charge is 0.508 e. The summed E-state index contributed by atoms with van der Waals surface area (Å²) in [5, 5.41) is 12.8. The van der Waals surface area contributed by atoms with Crippen molar-refractivity contribution in [3.63, 3.8) is 0 Å². The molecule has 1 aromatic carbocycles. The molecule has 0 aromatic heterocycles. The first-order chi connectivity index (χ1) is 7.69. The molecular weight excluding hydrogens is 207 g/mol. The topological polar surface area (TPSA) is 35.5 Å². The van der Waals surface area contributed by atoms with Gasteiger partial charge in [0.2, 0.25) is 0 Å². The molecule has 1 aliphatic heterocycles. The van der Waals surface area contributed by atoms with E-state index in [4.69, 9.17) is 0 Å². The van der Waals surface area contributed by atoms with Gasteiger partial charge in [-0.05, 0) is 31.7 Å². The first kappa shape index (κ1) is 11.4. The molecule has 1 unspecified atom stereocenters. The maximum atomic E-state index is 13.0. The average Bonchev–Trinajstić information content (AvgIpc) is 2.71. The number of aromatic hydroxyl groups is 1. The molecule has 2 rings (SSSR count). The number of nitrogens with one attached hydrogen (secondary N) is 1. The van der Waals surface area contributed by atoms with Gasteiger partial charge in [0, 0.05) is 31.2 Å². The van der Waals surface area contributed by atoms with E-state index in [0.29, 0.717) is 18.2 Å². The van der Waals surface area contributed by atoms with Gasteiger partial charge in [-0.15, -0.1) is 0 Å². The highest BCUT2D eigenvalue weighted by Gasteiger charge is 2.21. The van der Waals surface area contributed by atoms with E-state index in [1.54, 1.807) is 0 Å². The lowest BCUT2D eigenvalue weighted by Gasteiger charge is -2.16. The van der Waals surface area contributed by atoms with Gasteiger partial charge in [0.1, 0.15) is 11.6 Å². The number of nitrogens with zero attached hydrogens (tertiary/aromatic N) is 1. The van der Waals surface area contributed by atoms with E-state index in [1.807, 2.05) is 7.05 Å². The van der Waals surface area contributed by atoms with Gasteiger partial charge in [0.25, 0.3) is 0 Å². The van der Waals surface area contributed by atoms with E-state index >= 15 is 0 Å². The van der Waals surface area contributed by atoms with Crippen LogP contribution in [0.4, 0.5) is 4.39 Å². The van der Waals surface area contributed by atoms with Crippen molar-refractivity contribution in [2.75, 3.05) is 20.1 Å². The molecule has 0 spiro atoms. The standard InChI is InChI=1S/C12H17FN2O/c1-14-11-4-5-15(8-11)7-9-6-10(13)2-3-12(9)16/h2-3,6,11,14,16H,4-5,7-8H2,1H3. The summed E-state index contributed by atoms with van der Waals surface area (Å²) in [6.07, 6.45) is 1.10. The Morgan fingerprint density at radius 3 is 3.06 bits per heavy atom. The number of hydrogen-bond donors (Lipinski definition) is 2. The van der Waals surface area contributed by atoms with Crippen LogP contribution in [-0.2, 0) is 6.54 Å². The van der Waals surface area contributed by atoms with Gasteiger partial charge < -0.3 is 10.4 Å². The second-order valence-corrected chi connectivity index (χ2v) is 4.28. The lowest BCUT2D eigenvalue weighted by atomic mass is 10.2. The number of hydrogen-bond acceptors (Lipinski definition) is 3. The zero-order valence-electron chi connectivity index (χ0n) is 9.41. The fourth-order valence-electron chi connectivity index (χ4n) is 2.13. The number of phenols is 1. The van der Waals surface area contributed by atoms with Crippen LogP contribution >= 0.6 is 0 Å². The molecule has 1 fully saturated rings. The molecule has 88 valence electrons. The van der Waals surface area contributed by atoms with Gasteiger partial charge in [-0.3, -0.25) is 4.90 Å². The molecular formula is C12H17FN2O. The van der Waals surface area contributed by atoms with E-state index in [9.17, 15) is 9.50 Å². The van der Waals surface area contributed by atoms with Crippen LogP contribution in [0.2, 0.25) is 0 Å². The lowest BCUT2D eigenvalue weighted by molar-refractivity contribution is 0.315. The van der Waals surface area contributed by atoms with Crippen molar-refractivity contribution < 1.29 is 9.50 Å². The molecule has 2 N–H and O–H groups in total. The van der Waals surface area contributed by atoms with E-state index in [0.717, 1.165) is 19.5 Å². The fraction of sp³-hybridized carbons (Fsp3) is 0.500. The molecule has 0 bridgehead atoms. The molecule has 1 atom stereocenters. The second kappa shape index (κ2) is 4.80. The SMILES string of the molecule is CNC1CCN(Cc2cc(F)ccc2O)C1. The molecule has 0 amide bonds. The minimum atomic E-state index is -0.294. The second-order valence-electron chi connectivity index (χ2n) is 4.28. The molecule has 4 heteroatoms. The third kappa shape index (κ3) is 2.51. The van der Waals surface area contributed by atoms with Gasteiger partial charge in [-0.25, -0.2) is 4.39 Å². The zero-order valence-corrected chi connectivity index (χ0v) is 9.41. The van der Waals surface area contributed by atoms with Crippen molar-refractivity contribution in [2.24, 2.45) is 0 Å².